The first-order chi connectivity index (χ1) is 10.8. The summed E-state index contributed by atoms with van der Waals surface area (Å²) in [7, 11) is 0. The molecule has 2 aromatic rings. The van der Waals surface area contributed by atoms with Crippen molar-refractivity contribution >= 4 is 34.4 Å². The molecule has 0 N–H and O–H groups in total. The summed E-state index contributed by atoms with van der Waals surface area (Å²) in [5.74, 6) is 0.442. The maximum absolute atomic E-state index is 6.45. The van der Waals surface area contributed by atoms with Gasteiger partial charge in [0, 0.05) is 5.30 Å². The van der Waals surface area contributed by atoms with Crippen LogP contribution in [0.25, 0.3) is 0 Å². The molecule has 0 spiro atoms. The molecular formula is C20H25Cl2P. The van der Waals surface area contributed by atoms with E-state index in [1.165, 1.54) is 22.0 Å². The van der Waals surface area contributed by atoms with Gasteiger partial charge in [-0.05, 0) is 40.9 Å². The van der Waals surface area contributed by atoms with Gasteiger partial charge < -0.3 is 0 Å². The Morgan fingerprint density at radius 1 is 0.957 bits per heavy atom. The van der Waals surface area contributed by atoms with E-state index in [-0.39, 0.29) is 5.41 Å². The monoisotopic (exact) mass is 366 g/mol. The Morgan fingerprint density at radius 3 is 2.13 bits per heavy atom. The van der Waals surface area contributed by atoms with E-state index in [0.717, 1.165) is 12.8 Å². The predicted octanol–water partition coefficient (Wildman–Crippen LogP) is 7.14. The van der Waals surface area contributed by atoms with Crippen molar-refractivity contribution in [2.24, 2.45) is 0 Å². The van der Waals surface area contributed by atoms with E-state index in [9.17, 15) is 0 Å². The molecular weight excluding hydrogens is 342 g/mol. The lowest BCUT2D eigenvalue weighted by atomic mass is 9.82. The second-order valence-corrected chi connectivity index (χ2v) is 10.5. The second-order valence-electron chi connectivity index (χ2n) is 7.02. The van der Waals surface area contributed by atoms with Gasteiger partial charge in [0.2, 0.25) is 0 Å². The number of hydrogen-bond donors (Lipinski definition) is 0. The van der Waals surface area contributed by atoms with Gasteiger partial charge >= 0.3 is 0 Å². The molecule has 0 aliphatic rings. The van der Waals surface area contributed by atoms with Gasteiger partial charge in [-0.15, -0.1) is 0 Å². The Bertz CT molecular complexity index is 630. The summed E-state index contributed by atoms with van der Waals surface area (Å²) in [5, 5.41) is 1.17. The zero-order valence-corrected chi connectivity index (χ0v) is 16.7. The number of rotatable bonds is 5. The van der Waals surface area contributed by atoms with E-state index < -0.39 is 6.63 Å². The Kier molecular flexibility index (Phi) is 6.55. The van der Waals surface area contributed by atoms with Gasteiger partial charge in [0.1, 0.15) is 6.63 Å². The molecule has 0 aromatic heterocycles. The van der Waals surface area contributed by atoms with Crippen LogP contribution in [0.3, 0.4) is 0 Å². The third-order valence-electron chi connectivity index (χ3n) is 4.30. The van der Waals surface area contributed by atoms with Crippen LogP contribution in [0.15, 0.2) is 48.5 Å². The molecule has 124 valence electrons. The minimum Gasteiger partial charge on any atom is -0.0727 e. The van der Waals surface area contributed by atoms with Crippen molar-refractivity contribution in [2.75, 3.05) is 0 Å². The standard InChI is InChI=1S/C20H25Cl2P/c1-5-16(14-15-10-7-6-8-11-15)17-12-9-13-18(20(2,3)4)19(17)23(21)22/h6-13,16H,5,14H2,1-4H3. The molecule has 0 saturated heterocycles. The highest BCUT2D eigenvalue weighted by molar-refractivity contribution is 8.09. The molecule has 0 heterocycles. The van der Waals surface area contributed by atoms with Gasteiger partial charge in [-0.1, -0.05) is 98.7 Å². The lowest BCUT2D eigenvalue weighted by molar-refractivity contribution is 0.590. The third kappa shape index (κ3) is 4.72. The van der Waals surface area contributed by atoms with Gasteiger partial charge in [0.15, 0.2) is 0 Å². The fraction of sp³-hybridized carbons (Fsp3) is 0.400. The van der Waals surface area contributed by atoms with Gasteiger partial charge in [-0.2, -0.15) is 0 Å². The molecule has 2 rings (SSSR count). The fourth-order valence-electron chi connectivity index (χ4n) is 3.06. The van der Waals surface area contributed by atoms with Crippen LogP contribution in [0.1, 0.15) is 56.7 Å². The summed E-state index contributed by atoms with van der Waals surface area (Å²) in [6, 6.07) is 17.2. The first-order valence-electron chi connectivity index (χ1n) is 8.13. The lowest BCUT2D eigenvalue weighted by Crippen LogP contribution is -2.24. The Morgan fingerprint density at radius 2 is 1.61 bits per heavy atom. The molecule has 0 amide bonds. The normalized spacial score (nSPS) is 13.3. The van der Waals surface area contributed by atoms with Gasteiger partial charge in [0.05, 0.1) is 0 Å². The Balaban J connectivity index is 2.48. The summed E-state index contributed by atoms with van der Waals surface area (Å²) in [6.07, 6.45) is 2.10. The van der Waals surface area contributed by atoms with Crippen LogP contribution in [0.4, 0.5) is 0 Å². The number of halogens is 2. The molecule has 0 radical (unpaired) electrons. The first-order valence-corrected chi connectivity index (χ1v) is 11.3. The molecule has 23 heavy (non-hydrogen) atoms. The highest BCUT2D eigenvalue weighted by atomic mass is 35.9. The summed E-state index contributed by atoms with van der Waals surface area (Å²) >= 11 is 12.9. The summed E-state index contributed by atoms with van der Waals surface area (Å²) < 4.78 is 0. The molecule has 2 aromatic carbocycles. The summed E-state index contributed by atoms with van der Waals surface area (Å²) in [5.41, 5.74) is 4.00. The van der Waals surface area contributed by atoms with E-state index in [0.29, 0.717) is 5.92 Å². The second kappa shape index (κ2) is 8.02. The van der Waals surface area contributed by atoms with Crippen molar-refractivity contribution in [3.8, 4) is 0 Å². The average Bonchev–Trinajstić information content (AvgIpc) is 2.52. The van der Waals surface area contributed by atoms with Crippen molar-refractivity contribution in [3.63, 3.8) is 0 Å². The maximum atomic E-state index is 6.45. The molecule has 0 saturated carbocycles. The molecule has 1 unspecified atom stereocenters. The predicted molar refractivity (Wildman–Crippen MR) is 107 cm³/mol. The zero-order chi connectivity index (χ0) is 17.0. The minimum absolute atomic E-state index is 0.0424. The van der Waals surface area contributed by atoms with Crippen molar-refractivity contribution < 1.29 is 0 Å². The summed E-state index contributed by atoms with van der Waals surface area (Å²) in [6.45, 7) is 7.74. The maximum Gasteiger partial charge on any atom is 0.117 e. The molecule has 0 fully saturated rings. The third-order valence-corrected chi connectivity index (χ3v) is 6.15. The average molecular weight is 367 g/mol. The van der Waals surface area contributed by atoms with Gasteiger partial charge in [0.25, 0.3) is 0 Å². The molecule has 0 nitrogen and oxygen atoms in total. The van der Waals surface area contributed by atoms with Crippen LogP contribution < -0.4 is 5.30 Å². The highest BCUT2D eigenvalue weighted by Gasteiger charge is 2.26. The largest absolute Gasteiger partial charge is 0.117 e. The molecule has 3 heteroatoms. The highest BCUT2D eigenvalue weighted by Crippen LogP contribution is 2.50. The van der Waals surface area contributed by atoms with Crippen molar-refractivity contribution in [1.29, 1.82) is 0 Å². The lowest BCUT2D eigenvalue weighted by Gasteiger charge is -2.28. The van der Waals surface area contributed by atoms with Crippen LogP contribution in [-0.2, 0) is 11.8 Å². The van der Waals surface area contributed by atoms with Gasteiger partial charge in [-0.25, -0.2) is 0 Å². The van der Waals surface area contributed by atoms with E-state index in [1.54, 1.807) is 0 Å². The molecule has 1 atom stereocenters. The van der Waals surface area contributed by atoms with Crippen LogP contribution in [0.2, 0.25) is 0 Å². The van der Waals surface area contributed by atoms with Crippen LogP contribution in [0, 0.1) is 0 Å². The van der Waals surface area contributed by atoms with E-state index in [4.69, 9.17) is 22.5 Å². The number of hydrogen-bond acceptors (Lipinski definition) is 0. The van der Waals surface area contributed by atoms with Crippen LogP contribution in [-0.4, -0.2) is 0 Å². The quantitative estimate of drug-likeness (QED) is 0.493. The van der Waals surface area contributed by atoms with E-state index >= 15 is 0 Å². The zero-order valence-electron chi connectivity index (χ0n) is 14.3. The fourth-order valence-corrected chi connectivity index (χ4v) is 5.23. The SMILES string of the molecule is CCC(Cc1ccccc1)c1cccc(C(C)(C)C)c1P(Cl)Cl. The minimum atomic E-state index is -1.17. The Labute approximate surface area is 151 Å². The molecule has 0 aliphatic carbocycles. The first kappa shape index (κ1) is 18.8. The Hall–Kier alpha value is -0.550. The van der Waals surface area contributed by atoms with Crippen molar-refractivity contribution in [2.45, 2.75) is 51.9 Å². The topological polar surface area (TPSA) is 0 Å². The van der Waals surface area contributed by atoms with Gasteiger partial charge in [-0.3, -0.25) is 0 Å². The molecule has 0 bridgehead atoms. The van der Waals surface area contributed by atoms with Crippen molar-refractivity contribution in [1.82, 2.24) is 0 Å². The van der Waals surface area contributed by atoms with Crippen LogP contribution in [0.5, 0.6) is 0 Å². The summed E-state index contributed by atoms with van der Waals surface area (Å²) in [4.78, 5) is 0. The van der Waals surface area contributed by atoms with Crippen molar-refractivity contribution in [3.05, 3.63) is 65.2 Å². The van der Waals surface area contributed by atoms with E-state index in [1.807, 2.05) is 0 Å². The smallest absolute Gasteiger partial charge is 0.0727 e. The van der Waals surface area contributed by atoms with E-state index in [2.05, 4.69) is 76.2 Å². The molecule has 0 aliphatic heterocycles. The number of benzene rings is 2. The van der Waals surface area contributed by atoms with Crippen LogP contribution >= 0.6 is 29.1 Å².